The number of carboxylic acids is 1. The summed E-state index contributed by atoms with van der Waals surface area (Å²) >= 11 is 0. The Hall–Kier alpha value is -2.90. The third-order valence-corrected chi connectivity index (χ3v) is 3.07. The van der Waals surface area contributed by atoms with Crippen molar-refractivity contribution in [2.75, 3.05) is 5.32 Å². The van der Waals surface area contributed by atoms with E-state index in [9.17, 15) is 9.59 Å². The number of aliphatic carboxylic acids is 1. The maximum absolute atomic E-state index is 12.2. The third-order valence-electron chi connectivity index (χ3n) is 3.07. The molecule has 0 spiro atoms. The highest BCUT2D eigenvalue weighted by molar-refractivity contribution is 6.03. The fourth-order valence-electron chi connectivity index (χ4n) is 1.75. The first-order valence-corrected chi connectivity index (χ1v) is 7.17. The quantitative estimate of drug-likeness (QED) is 0.806. The Kier molecular flexibility index (Phi) is 5.29. The van der Waals surface area contributed by atoms with Crippen LogP contribution in [-0.2, 0) is 11.3 Å². The summed E-state index contributed by atoms with van der Waals surface area (Å²) in [7, 11) is 0. The second kappa shape index (κ2) is 7.39. The number of amides is 1. The Labute approximate surface area is 133 Å². The molecule has 0 saturated carbocycles. The van der Waals surface area contributed by atoms with Crippen LogP contribution in [0.5, 0.6) is 5.88 Å². The smallest absolute Gasteiger partial charge is 0.325 e. The number of hydrogen-bond donors (Lipinski definition) is 2. The van der Waals surface area contributed by atoms with E-state index in [-0.39, 0.29) is 24.4 Å². The summed E-state index contributed by atoms with van der Waals surface area (Å²) in [4.78, 5) is 26.9. The number of rotatable bonds is 7. The van der Waals surface area contributed by atoms with Gasteiger partial charge in [-0.25, -0.2) is 4.98 Å². The van der Waals surface area contributed by atoms with Crippen LogP contribution < -0.4 is 10.1 Å². The van der Waals surface area contributed by atoms with E-state index in [1.165, 1.54) is 23.1 Å². The van der Waals surface area contributed by atoms with Gasteiger partial charge in [0.2, 0.25) is 5.88 Å². The summed E-state index contributed by atoms with van der Waals surface area (Å²) in [6.07, 6.45) is 3.82. The second-order valence-electron chi connectivity index (χ2n) is 4.97. The molecule has 1 amide bonds. The minimum absolute atomic E-state index is 0.00697. The molecule has 0 aromatic carbocycles. The molecular weight excluding hydrogens is 300 g/mol. The summed E-state index contributed by atoms with van der Waals surface area (Å²) in [6, 6.07) is 4.64. The Balaban J connectivity index is 2.04. The average Bonchev–Trinajstić information content (AvgIpc) is 2.93. The van der Waals surface area contributed by atoms with Crippen molar-refractivity contribution in [1.29, 1.82) is 0 Å². The molecule has 2 aromatic heterocycles. The fraction of sp³-hybridized carbons (Fsp3) is 0.333. The van der Waals surface area contributed by atoms with Gasteiger partial charge in [0.25, 0.3) is 5.91 Å². The molecule has 23 heavy (non-hydrogen) atoms. The zero-order chi connectivity index (χ0) is 16.8. The first-order valence-electron chi connectivity index (χ1n) is 7.17. The highest BCUT2D eigenvalue weighted by atomic mass is 16.5. The Bertz CT molecular complexity index is 698. The van der Waals surface area contributed by atoms with Crippen molar-refractivity contribution < 1.29 is 19.4 Å². The van der Waals surface area contributed by atoms with Gasteiger partial charge in [-0.2, -0.15) is 5.10 Å². The lowest BCUT2D eigenvalue weighted by Crippen LogP contribution is -2.15. The van der Waals surface area contributed by atoms with Crippen molar-refractivity contribution in [3.05, 3.63) is 36.2 Å². The van der Waals surface area contributed by atoms with Crippen LogP contribution in [0.3, 0.4) is 0 Å². The lowest BCUT2D eigenvalue weighted by Gasteiger charge is -2.11. The molecule has 8 nitrogen and oxygen atoms in total. The Morgan fingerprint density at radius 3 is 2.91 bits per heavy atom. The molecule has 2 rings (SSSR count). The number of carboxylic acid groups (broad SMARTS) is 1. The van der Waals surface area contributed by atoms with E-state index >= 15 is 0 Å². The first kappa shape index (κ1) is 16.5. The number of aromatic nitrogens is 3. The van der Waals surface area contributed by atoms with Crippen LogP contribution in [0.25, 0.3) is 0 Å². The van der Waals surface area contributed by atoms with Gasteiger partial charge in [-0.3, -0.25) is 14.3 Å². The molecule has 1 unspecified atom stereocenters. The summed E-state index contributed by atoms with van der Waals surface area (Å²) in [5, 5.41) is 15.2. The molecule has 2 heterocycles. The van der Waals surface area contributed by atoms with Crippen LogP contribution in [0.15, 0.2) is 30.6 Å². The van der Waals surface area contributed by atoms with Crippen molar-refractivity contribution >= 4 is 17.7 Å². The van der Waals surface area contributed by atoms with Crippen molar-refractivity contribution in [3.8, 4) is 5.88 Å². The van der Waals surface area contributed by atoms with Gasteiger partial charge in [0, 0.05) is 30.1 Å². The van der Waals surface area contributed by atoms with Crippen LogP contribution in [-0.4, -0.2) is 37.9 Å². The summed E-state index contributed by atoms with van der Waals surface area (Å²) in [6.45, 7) is 3.65. The molecule has 2 N–H and O–H groups in total. The number of ether oxygens (including phenoxy) is 1. The van der Waals surface area contributed by atoms with Crippen molar-refractivity contribution in [1.82, 2.24) is 14.8 Å². The second-order valence-corrected chi connectivity index (χ2v) is 4.97. The predicted octanol–water partition coefficient (Wildman–Crippen LogP) is 1.79. The molecule has 0 saturated heterocycles. The predicted molar refractivity (Wildman–Crippen MR) is 82.4 cm³/mol. The highest BCUT2D eigenvalue weighted by Gasteiger charge is 2.11. The number of nitrogens with one attached hydrogen (secondary N) is 1. The number of carbonyl (C=O) groups is 2. The maximum Gasteiger partial charge on any atom is 0.325 e. The molecule has 122 valence electrons. The number of pyridine rings is 1. The van der Waals surface area contributed by atoms with E-state index < -0.39 is 5.97 Å². The van der Waals surface area contributed by atoms with Gasteiger partial charge in [0.1, 0.15) is 6.54 Å². The lowest BCUT2D eigenvalue weighted by molar-refractivity contribution is -0.137. The topological polar surface area (TPSA) is 106 Å². The molecule has 0 fully saturated rings. The number of hydrogen-bond acceptors (Lipinski definition) is 5. The zero-order valence-corrected chi connectivity index (χ0v) is 12.9. The molecule has 0 aliphatic heterocycles. The fourth-order valence-corrected chi connectivity index (χ4v) is 1.75. The number of carbonyl (C=O) groups excluding carboxylic acids is 1. The third kappa shape index (κ3) is 4.80. The van der Waals surface area contributed by atoms with Crippen LogP contribution in [0.1, 0.15) is 30.6 Å². The first-order chi connectivity index (χ1) is 11.0. The van der Waals surface area contributed by atoms with Gasteiger partial charge in [0.05, 0.1) is 6.10 Å². The molecule has 0 aliphatic carbocycles. The Morgan fingerprint density at radius 1 is 1.43 bits per heavy atom. The molecule has 2 aromatic rings. The highest BCUT2D eigenvalue weighted by Crippen LogP contribution is 2.14. The van der Waals surface area contributed by atoms with Crippen molar-refractivity contribution in [2.24, 2.45) is 0 Å². The standard InChI is InChI=1S/C15H18N4O4/c1-3-10(2)23-13-8-11(4-6-16-13)15(22)17-12-5-7-19(18-12)9-14(20)21/h4-8,10H,3,9H2,1-2H3,(H,20,21)(H,17,18,22). The summed E-state index contributed by atoms with van der Waals surface area (Å²) in [5.74, 6) is -0.727. The molecule has 8 heteroatoms. The van der Waals surface area contributed by atoms with E-state index in [0.717, 1.165) is 6.42 Å². The van der Waals surface area contributed by atoms with Crippen molar-refractivity contribution in [2.45, 2.75) is 32.9 Å². The summed E-state index contributed by atoms with van der Waals surface area (Å²) < 4.78 is 6.80. The van der Waals surface area contributed by atoms with E-state index in [1.807, 2.05) is 13.8 Å². The maximum atomic E-state index is 12.2. The van der Waals surface area contributed by atoms with Gasteiger partial charge >= 0.3 is 5.97 Å². The largest absolute Gasteiger partial charge is 0.480 e. The van der Waals surface area contributed by atoms with Gasteiger partial charge < -0.3 is 15.2 Å². The number of nitrogens with zero attached hydrogens (tertiary/aromatic N) is 3. The molecule has 0 radical (unpaired) electrons. The average molecular weight is 318 g/mol. The van der Waals surface area contributed by atoms with Gasteiger partial charge in [0.15, 0.2) is 5.82 Å². The normalized spacial score (nSPS) is 11.7. The molecule has 1 atom stereocenters. The van der Waals surface area contributed by atoms with Gasteiger partial charge in [-0.15, -0.1) is 0 Å². The van der Waals surface area contributed by atoms with Crippen LogP contribution in [0.2, 0.25) is 0 Å². The van der Waals surface area contributed by atoms with E-state index in [2.05, 4.69) is 15.4 Å². The van der Waals surface area contributed by atoms with E-state index in [4.69, 9.17) is 9.84 Å². The minimum atomic E-state index is -1.01. The van der Waals surface area contributed by atoms with Gasteiger partial charge in [-0.1, -0.05) is 6.92 Å². The minimum Gasteiger partial charge on any atom is -0.480 e. The molecular formula is C15H18N4O4. The van der Waals surface area contributed by atoms with Crippen LogP contribution in [0, 0.1) is 0 Å². The molecule has 0 bridgehead atoms. The monoisotopic (exact) mass is 318 g/mol. The van der Waals surface area contributed by atoms with E-state index in [1.54, 1.807) is 12.1 Å². The van der Waals surface area contributed by atoms with E-state index in [0.29, 0.717) is 11.4 Å². The molecule has 0 aliphatic rings. The lowest BCUT2D eigenvalue weighted by atomic mass is 10.2. The van der Waals surface area contributed by atoms with Gasteiger partial charge in [-0.05, 0) is 19.4 Å². The summed E-state index contributed by atoms with van der Waals surface area (Å²) in [5.41, 5.74) is 0.381. The zero-order valence-electron chi connectivity index (χ0n) is 12.9. The van der Waals surface area contributed by atoms with Crippen LogP contribution >= 0.6 is 0 Å². The SMILES string of the molecule is CCC(C)Oc1cc(C(=O)Nc2ccn(CC(=O)O)n2)ccn1. The van der Waals surface area contributed by atoms with Crippen LogP contribution in [0.4, 0.5) is 5.82 Å². The Morgan fingerprint density at radius 2 is 2.22 bits per heavy atom. The number of anilines is 1. The van der Waals surface area contributed by atoms with Crippen molar-refractivity contribution in [3.63, 3.8) is 0 Å².